The van der Waals surface area contributed by atoms with E-state index in [0.29, 0.717) is 23.5 Å². The van der Waals surface area contributed by atoms with Gasteiger partial charge in [-0.1, -0.05) is 6.92 Å². The average molecular weight is 326 g/mol. The Morgan fingerprint density at radius 1 is 1.29 bits per heavy atom. The van der Waals surface area contributed by atoms with Crippen LogP contribution < -0.4 is 15.5 Å². The molecule has 0 spiro atoms. The lowest BCUT2D eigenvalue weighted by atomic mass is 10.1. The number of aryl methyl sites for hydroxylation is 2. The molecule has 1 aliphatic rings. The molecule has 24 heavy (non-hydrogen) atoms. The molecule has 0 aliphatic carbocycles. The van der Waals surface area contributed by atoms with Gasteiger partial charge in [-0.3, -0.25) is 4.79 Å². The van der Waals surface area contributed by atoms with Gasteiger partial charge in [-0.25, -0.2) is 4.98 Å². The maximum atomic E-state index is 12.5. The molecule has 3 rings (SSSR count). The summed E-state index contributed by atoms with van der Waals surface area (Å²) in [5, 5.41) is 14.3. The van der Waals surface area contributed by atoms with Gasteiger partial charge in [0.15, 0.2) is 0 Å². The summed E-state index contributed by atoms with van der Waals surface area (Å²) in [7, 11) is 0. The lowest BCUT2D eigenvalue weighted by Gasteiger charge is -2.29. The first kappa shape index (κ1) is 16.3. The summed E-state index contributed by atoms with van der Waals surface area (Å²) in [6, 6.07) is 5.59. The zero-order valence-electron chi connectivity index (χ0n) is 14.0. The summed E-state index contributed by atoms with van der Waals surface area (Å²) in [6.07, 6.45) is 2.46. The van der Waals surface area contributed by atoms with Gasteiger partial charge in [0.1, 0.15) is 5.82 Å². The summed E-state index contributed by atoms with van der Waals surface area (Å²) in [4.78, 5) is 19.1. The van der Waals surface area contributed by atoms with E-state index in [1.807, 2.05) is 26.0 Å². The molecule has 7 heteroatoms. The van der Waals surface area contributed by atoms with Gasteiger partial charge in [-0.05, 0) is 31.5 Å². The van der Waals surface area contributed by atoms with Gasteiger partial charge in [0, 0.05) is 26.2 Å². The van der Waals surface area contributed by atoms with E-state index in [-0.39, 0.29) is 5.91 Å². The Balaban J connectivity index is 1.71. The summed E-state index contributed by atoms with van der Waals surface area (Å²) < 4.78 is 0. The second-order valence-corrected chi connectivity index (χ2v) is 5.79. The van der Waals surface area contributed by atoms with E-state index >= 15 is 0 Å². The van der Waals surface area contributed by atoms with E-state index in [9.17, 15) is 4.79 Å². The van der Waals surface area contributed by atoms with E-state index < -0.39 is 0 Å². The zero-order valence-corrected chi connectivity index (χ0v) is 14.0. The molecule has 0 aromatic carbocycles. The fourth-order valence-electron chi connectivity index (χ4n) is 2.73. The number of rotatable bonds is 4. The summed E-state index contributed by atoms with van der Waals surface area (Å²) in [5.41, 5.74) is 3.04. The fourth-order valence-corrected chi connectivity index (χ4v) is 2.73. The second kappa shape index (κ2) is 7.35. The molecule has 1 fully saturated rings. The second-order valence-electron chi connectivity index (χ2n) is 5.79. The van der Waals surface area contributed by atoms with Gasteiger partial charge in [-0.15, -0.1) is 0 Å². The summed E-state index contributed by atoms with van der Waals surface area (Å²) >= 11 is 0. The molecule has 0 atom stereocenters. The first-order valence-electron chi connectivity index (χ1n) is 8.23. The highest BCUT2D eigenvalue weighted by Gasteiger charge is 2.15. The average Bonchev–Trinajstić information content (AvgIpc) is 2.63. The van der Waals surface area contributed by atoms with Crippen LogP contribution in [0.4, 0.5) is 11.5 Å². The number of hydrogen-bond donors (Lipinski definition) is 2. The number of hydrogen-bond acceptors (Lipinski definition) is 6. The first-order valence-corrected chi connectivity index (χ1v) is 8.23. The number of carbonyl (C=O) groups is 1. The minimum Gasteiger partial charge on any atom is -0.368 e. The van der Waals surface area contributed by atoms with Crippen molar-refractivity contribution in [2.45, 2.75) is 20.3 Å². The Hall–Kier alpha value is -2.54. The Bertz CT molecular complexity index is 710. The van der Waals surface area contributed by atoms with E-state index in [4.69, 9.17) is 0 Å². The quantitative estimate of drug-likeness (QED) is 0.884. The molecule has 2 aromatic rings. The number of aromatic nitrogens is 3. The van der Waals surface area contributed by atoms with E-state index in [0.717, 1.165) is 37.6 Å². The Kier molecular flexibility index (Phi) is 5.00. The lowest BCUT2D eigenvalue weighted by molar-refractivity contribution is 0.102. The topological polar surface area (TPSA) is 83.0 Å². The number of amides is 1. The molecule has 1 amide bonds. The van der Waals surface area contributed by atoms with Crippen molar-refractivity contribution in [3.8, 4) is 0 Å². The van der Waals surface area contributed by atoms with Gasteiger partial charge in [-0.2, -0.15) is 10.2 Å². The highest BCUT2D eigenvalue weighted by Crippen LogP contribution is 2.17. The molecule has 2 N–H and O–H groups in total. The van der Waals surface area contributed by atoms with Crippen molar-refractivity contribution in [1.82, 2.24) is 20.5 Å². The van der Waals surface area contributed by atoms with Crippen molar-refractivity contribution in [3.05, 3.63) is 41.3 Å². The molecular formula is C17H22N6O. The molecule has 1 saturated heterocycles. The smallest absolute Gasteiger partial charge is 0.258 e. The minimum absolute atomic E-state index is 0.202. The van der Waals surface area contributed by atoms with Gasteiger partial charge in [0.25, 0.3) is 5.91 Å². The molecule has 7 nitrogen and oxygen atoms in total. The van der Waals surface area contributed by atoms with Gasteiger partial charge >= 0.3 is 0 Å². The van der Waals surface area contributed by atoms with Crippen molar-refractivity contribution >= 4 is 17.4 Å². The molecular weight excluding hydrogens is 304 g/mol. The molecule has 0 unspecified atom stereocenters. The predicted octanol–water partition coefficient (Wildman–Crippen LogP) is 1.40. The van der Waals surface area contributed by atoms with Crippen LogP contribution in [0.2, 0.25) is 0 Å². The SMILES string of the molecule is CCc1nnc(C)cc1C(=O)Nc1ccc(N2CCNCC2)cn1. The molecule has 0 saturated carbocycles. The van der Waals surface area contributed by atoms with Crippen LogP contribution in [0.1, 0.15) is 28.7 Å². The molecule has 3 heterocycles. The van der Waals surface area contributed by atoms with Crippen LogP contribution >= 0.6 is 0 Å². The Morgan fingerprint density at radius 2 is 2.08 bits per heavy atom. The van der Waals surface area contributed by atoms with E-state index in [1.54, 1.807) is 12.3 Å². The van der Waals surface area contributed by atoms with Crippen molar-refractivity contribution < 1.29 is 4.79 Å². The van der Waals surface area contributed by atoms with Crippen molar-refractivity contribution in [2.75, 3.05) is 36.4 Å². The molecule has 126 valence electrons. The Labute approximate surface area is 141 Å². The van der Waals surface area contributed by atoms with Crippen LogP contribution in [0.5, 0.6) is 0 Å². The summed E-state index contributed by atoms with van der Waals surface area (Å²) in [5.74, 6) is 0.336. The van der Waals surface area contributed by atoms with Gasteiger partial charge in [0.2, 0.25) is 0 Å². The molecule has 0 bridgehead atoms. The third kappa shape index (κ3) is 3.68. The standard InChI is InChI=1S/C17H22N6O/c1-3-15-14(10-12(2)21-22-15)17(24)20-16-5-4-13(11-19-16)23-8-6-18-7-9-23/h4-5,10-11,18H,3,6-9H2,1-2H3,(H,19,20,24). The third-order valence-corrected chi connectivity index (χ3v) is 4.04. The maximum Gasteiger partial charge on any atom is 0.258 e. The third-order valence-electron chi connectivity index (χ3n) is 4.04. The summed E-state index contributed by atoms with van der Waals surface area (Å²) in [6.45, 7) is 7.67. The number of piperazine rings is 1. The lowest BCUT2D eigenvalue weighted by Crippen LogP contribution is -2.43. The van der Waals surface area contributed by atoms with Crippen LogP contribution in [-0.2, 0) is 6.42 Å². The Morgan fingerprint density at radius 3 is 2.75 bits per heavy atom. The monoisotopic (exact) mass is 326 g/mol. The van der Waals surface area contributed by atoms with Gasteiger partial charge < -0.3 is 15.5 Å². The molecule has 0 radical (unpaired) electrons. The van der Waals surface area contributed by atoms with Crippen LogP contribution in [0.15, 0.2) is 24.4 Å². The number of pyridine rings is 1. The number of carbonyl (C=O) groups excluding carboxylic acids is 1. The number of anilines is 2. The largest absolute Gasteiger partial charge is 0.368 e. The molecule has 1 aliphatic heterocycles. The van der Waals surface area contributed by atoms with Crippen LogP contribution in [-0.4, -0.2) is 47.3 Å². The van der Waals surface area contributed by atoms with E-state index in [2.05, 4.69) is 30.7 Å². The van der Waals surface area contributed by atoms with Crippen LogP contribution in [0.25, 0.3) is 0 Å². The van der Waals surface area contributed by atoms with E-state index in [1.165, 1.54) is 0 Å². The highest BCUT2D eigenvalue weighted by molar-refractivity contribution is 6.04. The first-order chi connectivity index (χ1) is 11.7. The maximum absolute atomic E-state index is 12.5. The predicted molar refractivity (Wildman–Crippen MR) is 93.4 cm³/mol. The normalized spacial score (nSPS) is 14.5. The van der Waals surface area contributed by atoms with Crippen LogP contribution in [0.3, 0.4) is 0 Å². The van der Waals surface area contributed by atoms with Crippen molar-refractivity contribution in [2.24, 2.45) is 0 Å². The highest BCUT2D eigenvalue weighted by atomic mass is 16.1. The zero-order chi connectivity index (χ0) is 16.9. The van der Waals surface area contributed by atoms with Crippen molar-refractivity contribution in [3.63, 3.8) is 0 Å². The number of nitrogens with zero attached hydrogens (tertiary/aromatic N) is 4. The fraction of sp³-hybridized carbons (Fsp3) is 0.412. The van der Waals surface area contributed by atoms with Crippen LogP contribution in [0, 0.1) is 6.92 Å². The minimum atomic E-state index is -0.202. The van der Waals surface area contributed by atoms with Crippen molar-refractivity contribution in [1.29, 1.82) is 0 Å². The number of nitrogens with one attached hydrogen (secondary N) is 2. The van der Waals surface area contributed by atoms with Gasteiger partial charge in [0.05, 0.1) is 28.8 Å². The molecule has 2 aromatic heterocycles.